The van der Waals surface area contributed by atoms with Crippen LogP contribution in [-0.4, -0.2) is 41.5 Å². The maximum Gasteiger partial charge on any atom is 0.221 e. The Bertz CT molecular complexity index is 475. The second kappa shape index (κ2) is 10.2. The number of nitrogens with one attached hydrogen (secondary N) is 1. The van der Waals surface area contributed by atoms with Crippen LogP contribution in [0.3, 0.4) is 0 Å². The molecule has 1 aromatic heterocycles. The summed E-state index contributed by atoms with van der Waals surface area (Å²) in [6, 6.07) is 2.51. The number of hydrogen-bond acceptors (Lipinski definition) is 4. The molecular formula is C15H24BrClN4O. The molecule has 1 saturated heterocycles. The van der Waals surface area contributed by atoms with Gasteiger partial charge in [0, 0.05) is 49.0 Å². The van der Waals surface area contributed by atoms with E-state index in [4.69, 9.17) is 5.73 Å². The Kier molecular flexibility index (Phi) is 8.93. The first-order valence-electron chi connectivity index (χ1n) is 7.49. The molecule has 1 aliphatic rings. The minimum atomic E-state index is 0. The number of aromatic nitrogens is 1. The highest BCUT2D eigenvalue weighted by Gasteiger charge is 2.22. The fraction of sp³-hybridized carbons (Fsp3) is 0.600. The van der Waals surface area contributed by atoms with E-state index < -0.39 is 0 Å². The van der Waals surface area contributed by atoms with E-state index in [0.29, 0.717) is 25.6 Å². The van der Waals surface area contributed by atoms with Crippen molar-refractivity contribution < 1.29 is 4.79 Å². The lowest BCUT2D eigenvalue weighted by atomic mass is 10.0. The van der Waals surface area contributed by atoms with Gasteiger partial charge in [0.15, 0.2) is 0 Å². The van der Waals surface area contributed by atoms with Crippen molar-refractivity contribution in [1.29, 1.82) is 0 Å². The van der Waals surface area contributed by atoms with Crippen molar-refractivity contribution in [2.75, 3.05) is 19.6 Å². The van der Waals surface area contributed by atoms with Gasteiger partial charge in [-0.2, -0.15) is 0 Å². The molecule has 124 valence electrons. The maximum atomic E-state index is 11.6. The lowest BCUT2D eigenvalue weighted by molar-refractivity contribution is -0.121. The number of halogens is 2. The third-order valence-electron chi connectivity index (χ3n) is 3.80. The standard InChI is InChI=1S/C15H23BrN4O.ClH/c16-13-7-12(8-18-9-13)11-20-6-2-1-3-14(20)10-19-15(21)4-5-17;/h7-9,14H,1-6,10-11,17H2,(H,19,21);1H. The quantitative estimate of drug-likeness (QED) is 0.779. The van der Waals surface area contributed by atoms with Gasteiger partial charge in [-0.15, -0.1) is 12.4 Å². The van der Waals surface area contributed by atoms with Crippen molar-refractivity contribution in [1.82, 2.24) is 15.2 Å². The molecule has 1 unspecified atom stereocenters. The van der Waals surface area contributed by atoms with Gasteiger partial charge in [0.2, 0.25) is 5.91 Å². The number of rotatable bonds is 6. The number of likely N-dealkylation sites (tertiary alicyclic amines) is 1. The van der Waals surface area contributed by atoms with Gasteiger partial charge < -0.3 is 11.1 Å². The third-order valence-corrected chi connectivity index (χ3v) is 4.24. The van der Waals surface area contributed by atoms with Crippen LogP contribution in [0.5, 0.6) is 0 Å². The van der Waals surface area contributed by atoms with Crippen LogP contribution in [0.1, 0.15) is 31.2 Å². The topological polar surface area (TPSA) is 71.2 Å². The monoisotopic (exact) mass is 390 g/mol. The highest BCUT2D eigenvalue weighted by molar-refractivity contribution is 9.10. The Balaban J connectivity index is 0.00000242. The molecule has 0 spiro atoms. The molecule has 1 fully saturated rings. The van der Waals surface area contributed by atoms with Crippen molar-refractivity contribution in [3.63, 3.8) is 0 Å². The van der Waals surface area contributed by atoms with Gasteiger partial charge in [0.1, 0.15) is 0 Å². The van der Waals surface area contributed by atoms with E-state index >= 15 is 0 Å². The number of pyridine rings is 1. The second-order valence-corrected chi connectivity index (χ2v) is 6.39. The Labute approximate surface area is 146 Å². The van der Waals surface area contributed by atoms with E-state index in [9.17, 15) is 4.79 Å². The minimum Gasteiger partial charge on any atom is -0.354 e. The summed E-state index contributed by atoms with van der Waals surface area (Å²) < 4.78 is 1.00. The predicted octanol–water partition coefficient (Wildman–Crippen LogP) is 2.09. The molecule has 0 saturated carbocycles. The van der Waals surface area contributed by atoms with Crippen LogP contribution in [0.25, 0.3) is 0 Å². The van der Waals surface area contributed by atoms with Crippen LogP contribution < -0.4 is 11.1 Å². The molecule has 0 aromatic carbocycles. The number of piperidine rings is 1. The van der Waals surface area contributed by atoms with E-state index in [1.807, 2.05) is 6.20 Å². The van der Waals surface area contributed by atoms with Gasteiger partial charge in [-0.25, -0.2) is 0 Å². The van der Waals surface area contributed by atoms with Crippen LogP contribution in [0.4, 0.5) is 0 Å². The fourth-order valence-electron chi connectivity index (χ4n) is 2.73. The molecule has 0 radical (unpaired) electrons. The Morgan fingerprint density at radius 3 is 3.00 bits per heavy atom. The fourth-order valence-corrected chi connectivity index (χ4v) is 3.14. The molecule has 1 amide bonds. The molecule has 0 aliphatic carbocycles. The lowest BCUT2D eigenvalue weighted by Gasteiger charge is -2.35. The van der Waals surface area contributed by atoms with Gasteiger partial charge in [0.25, 0.3) is 0 Å². The molecule has 3 N–H and O–H groups in total. The lowest BCUT2D eigenvalue weighted by Crippen LogP contribution is -2.46. The second-order valence-electron chi connectivity index (χ2n) is 5.47. The number of carbonyl (C=O) groups excluding carboxylic acids is 1. The smallest absolute Gasteiger partial charge is 0.221 e. The summed E-state index contributed by atoms with van der Waals surface area (Å²) in [7, 11) is 0. The number of hydrogen-bond donors (Lipinski definition) is 2. The van der Waals surface area contributed by atoms with E-state index in [1.54, 1.807) is 6.20 Å². The van der Waals surface area contributed by atoms with Crippen LogP contribution in [0.2, 0.25) is 0 Å². The molecule has 2 rings (SSSR count). The van der Waals surface area contributed by atoms with Crippen LogP contribution in [-0.2, 0) is 11.3 Å². The Morgan fingerprint density at radius 2 is 2.27 bits per heavy atom. The summed E-state index contributed by atoms with van der Waals surface area (Å²) in [4.78, 5) is 18.2. The molecule has 7 heteroatoms. The summed E-state index contributed by atoms with van der Waals surface area (Å²) in [5.74, 6) is 0.0483. The van der Waals surface area contributed by atoms with E-state index in [1.165, 1.54) is 18.4 Å². The van der Waals surface area contributed by atoms with Crippen molar-refractivity contribution in [2.45, 2.75) is 38.3 Å². The van der Waals surface area contributed by atoms with Gasteiger partial charge in [0.05, 0.1) is 0 Å². The molecule has 22 heavy (non-hydrogen) atoms. The van der Waals surface area contributed by atoms with Crippen LogP contribution >= 0.6 is 28.3 Å². The van der Waals surface area contributed by atoms with Gasteiger partial charge in [-0.3, -0.25) is 14.7 Å². The molecule has 1 aliphatic heterocycles. The van der Waals surface area contributed by atoms with Crippen molar-refractivity contribution in [2.24, 2.45) is 5.73 Å². The van der Waals surface area contributed by atoms with E-state index in [-0.39, 0.29) is 18.3 Å². The van der Waals surface area contributed by atoms with Gasteiger partial charge in [-0.05, 0) is 46.9 Å². The first-order chi connectivity index (χ1) is 10.2. The zero-order chi connectivity index (χ0) is 15.1. The number of amides is 1. The summed E-state index contributed by atoms with van der Waals surface area (Å²) >= 11 is 3.46. The van der Waals surface area contributed by atoms with Gasteiger partial charge in [-0.1, -0.05) is 6.42 Å². The average molecular weight is 392 g/mol. The highest BCUT2D eigenvalue weighted by atomic mass is 79.9. The molecule has 1 aromatic rings. The summed E-state index contributed by atoms with van der Waals surface area (Å²) in [6.45, 7) is 3.07. The van der Waals surface area contributed by atoms with Crippen LogP contribution in [0, 0.1) is 0 Å². The predicted molar refractivity (Wildman–Crippen MR) is 93.9 cm³/mol. The van der Waals surface area contributed by atoms with E-state index in [0.717, 1.165) is 24.0 Å². The summed E-state index contributed by atoms with van der Waals surface area (Å²) in [6.07, 6.45) is 7.68. The molecule has 1 atom stereocenters. The van der Waals surface area contributed by atoms with Crippen LogP contribution in [0.15, 0.2) is 22.9 Å². The first kappa shape index (κ1) is 19.4. The highest BCUT2D eigenvalue weighted by Crippen LogP contribution is 2.20. The largest absolute Gasteiger partial charge is 0.354 e. The van der Waals surface area contributed by atoms with Gasteiger partial charge >= 0.3 is 0 Å². The van der Waals surface area contributed by atoms with E-state index in [2.05, 4.69) is 37.2 Å². The summed E-state index contributed by atoms with van der Waals surface area (Å²) in [5, 5.41) is 2.99. The zero-order valence-corrected chi connectivity index (χ0v) is 15.0. The Hall–Kier alpha value is -0.690. The third kappa shape index (κ3) is 6.20. The molecule has 2 heterocycles. The molecular weight excluding hydrogens is 368 g/mol. The van der Waals surface area contributed by atoms with Crippen molar-refractivity contribution >= 4 is 34.2 Å². The SMILES string of the molecule is Cl.NCCC(=O)NCC1CCCCN1Cc1cncc(Br)c1. The minimum absolute atomic E-state index is 0. The average Bonchev–Trinajstić information content (AvgIpc) is 2.47. The Morgan fingerprint density at radius 1 is 1.45 bits per heavy atom. The molecule has 0 bridgehead atoms. The number of nitrogens with two attached hydrogens (primary N) is 1. The first-order valence-corrected chi connectivity index (χ1v) is 8.28. The number of nitrogens with zero attached hydrogens (tertiary/aromatic N) is 2. The summed E-state index contributed by atoms with van der Waals surface area (Å²) in [5.41, 5.74) is 6.60. The normalized spacial score (nSPS) is 18.5. The molecule has 5 nitrogen and oxygen atoms in total. The van der Waals surface area contributed by atoms with Crippen molar-refractivity contribution in [3.05, 3.63) is 28.5 Å². The zero-order valence-electron chi connectivity index (χ0n) is 12.6. The van der Waals surface area contributed by atoms with Crippen molar-refractivity contribution in [3.8, 4) is 0 Å². The number of carbonyl (C=O) groups is 1. The maximum absolute atomic E-state index is 11.6.